The second-order valence-electron chi connectivity index (χ2n) is 2.23. The van der Waals surface area contributed by atoms with Crippen LogP contribution >= 0.6 is 0 Å². The van der Waals surface area contributed by atoms with Gasteiger partial charge in [-0.05, 0) is 6.42 Å². The van der Waals surface area contributed by atoms with E-state index in [0.29, 0.717) is 18.4 Å². The number of esters is 1. The van der Waals surface area contributed by atoms with E-state index in [4.69, 9.17) is 0 Å². The van der Waals surface area contributed by atoms with E-state index in [1.165, 1.54) is 0 Å². The number of carbonyl (C=O) groups excluding carboxylic acids is 1. The van der Waals surface area contributed by atoms with E-state index in [1.54, 1.807) is 0 Å². The second kappa shape index (κ2) is 0.831. The molecule has 0 amide bonds. The molecule has 1 heterocycles. The van der Waals surface area contributed by atoms with E-state index in [0.717, 1.165) is 6.42 Å². The van der Waals surface area contributed by atoms with Crippen molar-refractivity contribution in [3.05, 3.63) is 0 Å². The van der Waals surface area contributed by atoms with Crippen LogP contribution in [0.2, 0.25) is 0 Å². The number of rotatable bonds is 0. The van der Waals surface area contributed by atoms with Crippen molar-refractivity contribution in [1.29, 1.82) is 0 Å². The van der Waals surface area contributed by atoms with Gasteiger partial charge in [0.1, 0.15) is 0 Å². The average molecular weight is 98.1 g/mol. The van der Waals surface area contributed by atoms with Crippen LogP contribution in [0.3, 0.4) is 0 Å². The fraction of sp³-hybridized carbons (Fsp3) is 0.800. The molecule has 0 aromatic heterocycles. The van der Waals surface area contributed by atoms with Crippen LogP contribution in [0.1, 0.15) is 6.42 Å². The van der Waals surface area contributed by atoms with Gasteiger partial charge in [-0.25, -0.2) is 0 Å². The summed E-state index contributed by atoms with van der Waals surface area (Å²) in [6, 6.07) is 0. The Hall–Kier alpha value is -0.530. The van der Waals surface area contributed by atoms with Gasteiger partial charge in [0.25, 0.3) is 0 Å². The molecule has 0 spiro atoms. The molecule has 1 aliphatic heterocycles. The van der Waals surface area contributed by atoms with Crippen molar-refractivity contribution < 1.29 is 9.53 Å². The zero-order chi connectivity index (χ0) is 4.85. The lowest BCUT2D eigenvalue weighted by atomic mass is 10.4. The standard InChI is InChI=1S/C5H6O2/c6-5-4-1-3(4)2-7-5/h3-4H,1-2H2/t3-,4+/m0/s1. The Morgan fingerprint density at radius 3 is 2.71 bits per heavy atom. The molecule has 2 atom stereocenters. The van der Waals surface area contributed by atoms with Crippen LogP contribution in [0, 0.1) is 11.8 Å². The van der Waals surface area contributed by atoms with Gasteiger partial charge in [-0.15, -0.1) is 0 Å². The molecule has 38 valence electrons. The first-order chi connectivity index (χ1) is 3.38. The molecule has 2 aliphatic rings. The Morgan fingerprint density at radius 2 is 2.57 bits per heavy atom. The van der Waals surface area contributed by atoms with Gasteiger partial charge in [-0.3, -0.25) is 4.79 Å². The van der Waals surface area contributed by atoms with E-state index in [9.17, 15) is 4.79 Å². The van der Waals surface area contributed by atoms with E-state index in [-0.39, 0.29) is 5.97 Å². The van der Waals surface area contributed by atoms with Gasteiger partial charge in [0.15, 0.2) is 0 Å². The monoisotopic (exact) mass is 98.0 g/mol. The summed E-state index contributed by atoms with van der Waals surface area (Å²) >= 11 is 0. The van der Waals surface area contributed by atoms with Crippen molar-refractivity contribution in [2.45, 2.75) is 6.42 Å². The van der Waals surface area contributed by atoms with Crippen LogP contribution in [-0.4, -0.2) is 12.6 Å². The largest absolute Gasteiger partial charge is 0.465 e. The molecule has 0 aromatic carbocycles. The molecule has 0 aromatic rings. The Bertz CT molecular complexity index is 119. The van der Waals surface area contributed by atoms with Gasteiger partial charge < -0.3 is 4.74 Å². The summed E-state index contributed by atoms with van der Waals surface area (Å²) in [5.74, 6) is 0.970. The van der Waals surface area contributed by atoms with Gasteiger partial charge in [0.2, 0.25) is 0 Å². The molecule has 2 fully saturated rings. The maximum atomic E-state index is 10.4. The Labute approximate surface area is 41.5 Å². The van der Waals surface area contributed by atoms with E-state index >= 15 is 0 Å². The predicted molar refractivity (Wildman–Crippen MR) is 22.6 cm³/mol. The molecule has 0 radical (unpaired) electrons. The topological polar surface area (TPSA) is 26.3 Å². The van der Waals surface area contributed by atoms with Gasteiger partial charge in [0.05, 0.1) is 12.5 Å². The third-order valence-corrected chi connectivity index (χ3v) is 1.67. The Kier molecular flexibility index (Phi) is 0.412. The summed E-state index contributed by atoms with van der Waals surface area (Å²) in [4.78, 5) is 10.4. The minimum atomic E-state index is 0.0324. The number of hydrogen-bond acceptors (Lipinski definition) is 2. The van der Waals surface area contributed by atoms with Crippen LogP contribution in [0.15, 0.2) is 0 Å². The molecule has 1 saturated heterocycles. The Morgan fingerprint density at radius 1 is 1.71 bits per heavy atom. The zero-order valence-corrected chi connectivity index (χ0v) is 3.89. The summed E-state index contributed by atoms with van der Waals surface area (Å²) in [6.45, 7) is 0.698. The molecular weight excluding hydrogens is 92.1 g/mol. The highest BCUT2D eigenvalue weighted by Crippen LogP contribution is 2.44. The van der Waals surface area contributed by atoms with Crippen molar-refractivity contribution in [3.8, 4) is 0 Å². The van der Waals surface area contributed by atoms with Gasteiger partial charge in [0, 0.05) is 5.92 Å². The van der Waals surface area contributed by atoms with Crippen molar-refractivity contribution in [1.82, 2.24) is 0 Å². The molecule has 0 N–H and O–H groups in total. The number of ether oxygens (including phenoxy) is 1. The zero-order valence-electron chi connectivity index (χ0n) is 3.89. The molecule has 0 unspecified atom stereocenters. The summed E-state index contributed by atoms with van der Waals surface area (Å²) in [7, 11) is 0. The lowest BCUT2D eigenvalue weighted by Crippen LogP contribution is -1.97. The van der Waals surface area contributed by atoms with E-state index < -0.39 is 0 Å². The third-order valence-electron chi connectivity index (χ3n) is 1.67. The second-order valence-corrected chi connectivity index (χ2v) is 2.23. The first-order valence-corrected chi connectivity index (χ1v) is 2.54. The van der Waals surface area contributed by atoms with Gasteiger partial charge >= 0.3 is 5.97 Å². The fourth-order valence-electron chi connectivity index (χ4n) is 1.02. The average Bonchev–Trinajstić information content (AvgIpc) is 2.33. The molecule has 1 aliphatic carbocycles. The van der Waals surface area contributed by atoms with Crippen molar-refractivity contribution in [2.24, 2.45) is 11.8 Å². The Balaban J connectivity index is 2.21. The highest BCUT2D eigenvalue weighted by atomic mass is 16.5. The summed E-state index contributed by atoms with van der Waals surface area (Å²) in [6.07, 6.45) is 1.10. The third kappa shape index (κ3) is 0.315. The maximum absolute atomic E-state index is 10.4. The summed E-state index contributed by atoms with van der Waals surface area (Å²) < 4.78 is 4.68. The molecule has 2 rings (SSSR count). The first kappa shape index (κ1) is 3.47. The smallest absolute Gasteiger partial charge is 0.309 e. The summed E-state index contributed by atoms with van der Waals surface area (Å²) in [5, 5.41) is 0. The van der Waals surface area contributed by atoms with Gasteiger partial charge in [-0.2, -0.15) is 0 Å². The van der Waals surface area contributed by atoms with Crippen molar-refractivity contribution >= 4 is 5.97 Å². The predicted octanol–water partition coefficient (Wildman–Crippen LogP) is 0.179. The van der Waals surface area contributed by atoms with Crippen LogP contribution in [0.25, 0.3) is 0 Å². The van der Waals surface area contributed by atoms with Crippen LogP contribution in [-0.2, 0) is 9.53 Å². The molecule has 7 heavy (non-hydrogen) atoms. The van der Waals surface area contributed by atoms with Crippen LogP contribution in [0.5, 0.6) is 0 Å². The highest BCUT2D eigenvalue weighted by molar-refractivity contribution is 5.78. The van der Waals surface area contributed by atoms with Crippen LogP contribution in [0.4, 0.5) is 0 Å². The van der Waals surface area contributed by atoms with E-state index in [1.807, 2.05) is 0 Å². The normalized spacial score (nSPS) is 45.4. The first-order valence-electron chi connectivity index (χ1n) is 2.54. The highest BCUT2D eigenvalue weighted by Gasteiger charge is 2.50. The number of carbonyl (C=O) groups is 1. The minimum absolute atomic E-state index is 0.0324. The SMILES string of the molecule is O=C1OC[C@@H]2C[C@@H]12. The quantitative estimate of drug-likeness (QED) is 0.404. The number of fused-ring (bicyclic) bond motifs is 1. The fourth-order valence-corrected chi connectivity index (χ4v) is 1.02. The van der Waals surface area contributed by atoms with Crippen LogP contribution < -0.4 is 0 Å². The molecule has 2 heteroatoms. The summed E-state index contributed by atoms with van der Waals surface area (Å²) in [5.41, 5.74) is 0. The molecule has 1 saturated carbocycles. The lowest BCUT2D eigenvalue weighted by molar-refractivity contribution is -0.140. The number of cyclic esters (lactones) is 1. The van der Waals surface area contributed by atoms with Crippen molar-refractivity contribution in [3.63, 3.8) is 0 Å². The lowest BCUT2D eigenvalue weighted by Gasteiger charge is -1.89. The van der Waals surface area contributed by atoms with E-state index in [2.05, 4.69) is 4.74 Å². The van der Waals surface area contributed by atoms with Gasteiger partial charge in [-0.1, -0.05) is 0 Å². The number of hydrogen-bond donors (Lipinski definition) is 0. The maximum Gasteiger partial charge on any atom is 0.309 e. The molecule has 2 nitrogen and oxygen atoms in total. The van der Waals surface area contributed by atoms with Crippen molar-refractivity contribution in [2.75, 3.05) is 6.61 Å². The molecular formula is C5H6O2. The minimum Gasteiger partial charge on any atom is -0.465 e. The molecule has 0 bridgehead atoms.